The Hall–Kier alpha value is -1.51. The van der Waals surface area contributed by atoms with Gasteiger partial charge in [0.05, 0.1) is 5.69 Å². The number of aryl methyl sites for hydroxylation is 1. The summed E-state index contributed by atoms with van der Waals surface area (Å²) in [5.74, 6) is -0.276. The van der Waals surface area contributed by atoms with Crippen molar-refractivity contribution in [1.82, 2.24) is 9.97 Å². The molecule has 0 bridgehead atoms. The summed E-state index contributed by atoms with van der Waals surface area (Å²) >= 11 is 0. The van der Waals surface area contributed by atoms with Crippen LogP contribution in [0.3, 0.4) is 0 Å². The predicted molar refractivity (Wildman–Crippen MR) is 53.5 cm³/mol. The smallest absolute Gasteiger partial charge is 0.149 e. The zero-order valence-corrected chi connectivity index (χ0v) is 8.00. The number of fused-ring (bicyclic) bond motifs is 1. The Morgan fingerprint density at radius 2 is 2.14 bits per heavy atom. The van der Waals surface area contributed by atoms with Crippen molar-refractivity contribution in [2.24, 2.45) is 0 Å². The standard InChI is InChI=1S/C11H11FN2/c1-2-4-10-8-5-3-6-9(12)11(8)14-7-13-10/h3,5-7H,2,4H2,1H3. The topological polar surface area (TPSA) is 25.8 Å². The molecule has 1 aromatic heterocycles. The van der Waals surface area contributed by atoms with Crippen LogP contribution in [0.5, 0.6) is 0 Å². The van der Waals surface area contributed by atoms with Gasteiger partial charge in [-0.1, -0.05) is 25.5 Å². The quantitative estimate of drug-likeness (QED) is 0.727. The Kier molecular flexibility index (Phi) is 2.39. The van der Waals surface area contributed by atoms with Crippen molar-refractivity contribution in [3.05, 3.63) is 36.0 Å². The van der Waals surface area contributed by atoms with E-state index in [0.29, 0.717) is 5.52 Å². The van der Waals surface area contributed by atoms with Gasteiger partial charge >= 0.3 is 0 Å². The van der Waals surface area contributed by atoms with E-state index >= 15 is 0 Å². The summed E-state index contributed by atoms with van der Waals surface area (Å²) in [5.41, 5.74) is 1.35. The zero-order chi connectivity index (χ0) is 9.97. The average molecular weight is 190 g/mol. The molecule has 0 fully saturated rings. The van der Waals surface area contributed by atoms with Crippen LogP contribution in [0, 0.1) is 5.82 Å². The largest absolute Gasteiger partial charge is 0.241 e. The fourth-order valence-electron chi connectivity index (χ4n) is 1.54. The molecular formula is C11H11FN2. The van der Waals surface area contributed by atoms with Crippen LogP contribution in [0.1, 0.15) is 19.0 Å². The second kappa shape index (κ2) is 3.70. The number of hydrogen-bond acceptors (Lipinski definition) is 2. The number of rotatable bonds is 2. The summed E-state index contributed by atoms with van der Waals surface area (Å²) in [7, 11) is 0. The Bertz CT molecular complexity index is 454. The average Bonchev–Trinajstić information content (AvgIpc) is 2.20. The maximum absolute atomic E-state index is 13.3. The number of para-hydroxylation sites is 1. The summed E-state index contributed by atoms with van der Waals surface area (Å²) in [6, 6.07) is 4.98. The van der Waals surface area contributed by atoms with E-state index in [1.807, 2.05) is 6.07 Å². The Morgan fingerprint density at radius 1 is 1.29 bits per heavy atom. The van der Waals surface area contributed by atoms with Crippen molar-refractivity contribution in [1.29, 1.82) is 0 Å². The first-order valence-electron chi connectivity index (χ1n) is 4.71. The van der Waals surface area contributed by atoms with Crippen LogP contribution < -0.4 is 0 Å². The van der Waals surface area contributed by atoms with Crippen molar-refractivity contribution in [2.75, 3.05) is 0 Å². The lowest BCUT2D eigenvalue weighted by Crippen LogP contribution is -1.94. The first-order chi connectivity index (χ1) is 6.83. The lowest BCUT2D eigenvalue weighted by molar-refractivity contribution is 0.636. The van der Waals surface area contributed by atoms with Crippen molar-refractivity contribution >= 4 is 10.9 Å². The van der Waals surface area contributed by atoms with Gasteiger partial charge in [0.25, 0.3) is 0 Å². The molecule has 0 saturated carbocycles. The number of halogens is 1. The third-order valence-electron chi connectivity index (χ3n) is 2.18. The molecule has 0 aliphatic carbocycles. The molecule has 72 valence electrons. The van der Waals surface area contributed by atoms with Crippen molar-refractivity contribution < 1.29 is 4.39 Å². The van der Waals surface area contributed by atoms with Crippen LogP contribution in [0.4, 0.5) is 4.39 Å². The van der Waals surface area contributed by atoms with E-state index < -0.39 is 0 Å². The lowest BCUT2D eigenvalue weighted by atomic mass is 10.1. The van der Waals surface area contributed by atoms with Gasteiger partial charge in [-0.3, -0.25) is 0 Å². The van der Waals surface area contributed by atoms with E-state index in [1.54, 1.807) is 6.07 Å². The Labute approximate surface area is 81.8 Å². The summed E-state index contributed by atoms with van der Waals surface area (Å²) < 4.78 is 13.3. The van der Waals surface area contributed by atoms with Crippen LogP contribution in [0.25, 0.3) is 10.9 Å². The molecule has 3 heteroatoms. The summed E-state index contributed by atoms with van der Waals surface area (Å²) in [6.45, 7) is 2.08. The van der Waals surface area contributed by atoms with Gasteiger partial charge in [0, 0.05) is 5.39 Å². The van der Waals surface area contributed by atoms with Gasteiger partial charge in [-0.05, 0) is 12.5 Å². The van der Waals surface area contributed by atoms with Crippen molar-refractivity contribution in [3.8, 4) is 0 Å². The number of nitrogens with zero attached hydrogens (tertiary/aromatic N) is 2. The monoisotopic (exact) mass is 190 g/mol. The van der Waals surface area contributed by atoms with Crippen molar-refractivity contribution in [2.45, 2.75) is 19.8 Å². The van der Waals surface area contributed by atoms with Crippen molar-refractivity contribution in [3.63, 3.8) is 0 Å². The predicted octanol–water partition coefficient (Wildman–Crippen LogP) is 2.72. The van der Waals surface area contributed by atoms with Crippen LogP contribution >= 0.6 is 0 Å². The van der Waals surface area contributed by atoms with Gasteiger partial charge in [0.1, 0.15) is 17.7 Å². The molecule has 1 aromatic carbocycles. The lowest BCUT2D eigenvalue weighted by Gasteiger charge is -2.03. The highest BCUT2D eigenvalue weighted by Gasteiger charge is 2.05. The molecule has 0 unspecified atom stereocenters. The summed E-state index contributed by atoms with van der Waals surface area (Å²) in [6.07, 6.45) is 3.29. The minimum absolute atomic E-state index is 0.276. The molecule has 0 atom stereocenters. The van der Waals surface area contributed by atoms with Gasteiger partial charge in [-0.25, -0.2) is 14.4 Å². The van der Waals surface area contributed by atoms with Gasteiger partial charge in [-0.2, -0.15) is 0 Å². The zero-order valence-electron chi connectivity index (χ0n) is 8.00. The second-order valence-electron chi connectivity index (χ2n) is 3.21. The van der Waals surface area contributed by atoms with E-state index in [1.165, 1.54) is 12.4 Å². The highest BCUT2D eigenvalue weighted by Crippen LogP contribution is 2.18. The number of benzene rings is 1. The highest BCUT2D eigenvalue weighted by atomic mass is 19.1. The minimum atomic E-state index is -0.276. The Balaban J connectivity index is 2.68. The molecule has 0 spiro atoms. The summed E-state index contributed by atoms with van der Waals surface area (Å²) in [4.78, 5) is 8.10. The maximum atomic E-state index is 13.3. The van der Waals surface area contributed by atoms with Gasteiger partial charge in [0.15, 0.2) is 0 Å². The molecule has 0 radical (unpaired) electrons. The minimum Gasteiger partial charge on any atom is -0.241 e. The SMILES string of the molecule is CCCc1ncnc2c(F)cccc12. The third-order valence-corrected chi connectivity index (χ3v) is 2.18. The van der Waals surface area contributed by atoms with Gasteiger partial charge in [-0.15, -0.1) is 0 Å². The molecule has 2 nitrogen and oxygen atoms in total. The van der Waals surface area contributed by atoms with Crippen LogP contribution in [0.2, 0.25) is 0 Å². The molecule has 1 heterocycles. The molecular weight excluding hydrogens is 179 g/mol. The second-order valence-corrected chi connectivity index (χ2v) is 3.21. The van der Waals surface area contributed by atoms with E-state index in [4.69, 9.17) is 0 Å². The summed E-state index contributed by atoms with van der Waals surface area (Å²) in [5, 5.41) is 0.828. The highest BCUT2D eigenvalue weighted by molar-refractivity contribution is 5.81. The molecule has 0 amide bonds. The first-order valence-corrected chi connectivity index (χ1v) is 4.71. The maximum Gasteiger partial charge on any atom is 0.149 e. The molecule has 0 aliphatic rings. The third kappa shape index (κ3) is 1.45. The van der Waals surface area contributed by atoms with Crippen LogP contribution in [-0.4, -0.2) is 9.97 Å². The van der Waals surface area contributed by atoms with Gasteiger partial charge in [0.2, 0.25) is 0 Å². The number of hydrogen-bond donors (Lipinski definition) is 0. The van der Waals surface area contributed by atoms with E-state index in [-0.39, 0.29) is 5.82 Å². The normalized spacial score (nSPS) is 10.7. The van der Waals surface area contributed by atoms with E-state index in [2.05, 4.69) is 16.9 Å². The molecule has 2 aromatic rings. The fraction of sp³-hybridized carbons (Fsp3) is 0.273. The van der Waals surface area contributed by atoms with E-state index in [0.717, 1.165) is 23.9 Å². The molecule has 0 aliphatic heterocycles. The van der Waals surface area contributed by atoms with Crippen LogP contribution in [0.15, 0.2) is 24.5 Å². The molecule has 14 heavy (non-hydrogen) atoms. The molecule has 0 N–H and O–H groups in total. The van der Waals surface area contributed by atoms with E-state index in [9.17, 15) is 4.39 Å². The molecule has 2 rings (SSSR count). The van der Waals surface area contributed by atoms with Crippen LogP contribution in [-0.2, 0) is 6.42 Å². The molecule has 0 saturated heterocycles. The van der Waals surface area contributed by atoms with Gasteiger partial charge < -0.3 is 0 Å². The fourth-order valence-corrected chi connectivity index (χ4v) is 1.54. The Morgan fingerprint density at radius 3 is 2.93 bits per heavy atom. The first kappa shape index (κ1) is 9.06. The number of aromatic nitrogens is 2.